The summed E-state index contributed by atoms with van der Waals surface area (Å²) in [5.41, 5.74) is 5.13. The third kappa shape index (κ3) is 4.17. The van der Waals surface area contributed by atoms with Crippen molar-refractivity contribution in [2.45, 2.75) is 38.0 Å². The van der Waals surface area contributed by atoms with Crippen LogP contribution < -0.4 is 11.1 Å². The van der Waals surface area contributed by atoms with Crippen LogP contribution in [0.2, 0.25) is 0 Å². The maximum atomic E-state index is 11.4. The topological polar surface area (TPSA) is 89.3 Å². The van der Waals surface area contributed by atoms with Gasteiger partial charge in [-0.1, -0.05) is 6.92 Å². The van der Waals surface area contributed by atoms with Gasteiger partial charge in [0.05, 0.1) is 10.8 Å². The van der Waals surface area contributed by atoms with Crippen LogP contribution in [0.25, 0.3) is 0 Å². The highest BCUT2D eigenvalue weighted by molar-refractivity contribution is 7.92. The van der Waals surface area contributed by atoms with Crippen LogP contribution >= 0.6 is 0 Å². The predicted molar refractivity (Wildman–Crippen MR) is 60.2 cm³/mol. The lowest BCUT2D eigenvalue weighted by Gasteiger charge is -2.25. The van der Waals surface area contributed by atoms with Gasteiger partial charge in [-0.3, -0.25) is 4.79 Å². The fourth-order valence-corrected chi connectivity index (χ4v) is 1.29. The molecule has 0 saturated heterocycles. The Morgan fingerprint density at radius 1 is 1.47 bits per heavy atom. The predicted octanol–water partition coefficient (Wildman–Crippen LogP) is -0.337. The Morgan fingerprint density at radius 2 is 1.93 bits per heavy atom. The van der Waals surface area contributed by atoms with Gasteiger partial charge in [-0.15, -0.1) is 0 Å². The highest BCUT2D eigenvalue weighted by atomic mass is 32.2. The molecule has 0 rings (SSSR count). The summed E-state index contributed by atoms with van der Waals surface area (Å²) in [5.74, 6) is -0.457. The number of nitrogens with one attached hydrogen (secondary N) is 1. The number of rotatable bonds is 6. The van der Waals surface area contributed by atoms with E-state index in [1.54, 1.807) is 13.8 Å². The quantitative estimate of drug-likeness (QED) is 0.660. The Hall–Kier alpha value is -0.620. The molecule has 0 heterocycles. The van der Waals surface area contributed by atoms with E-state index in [-0.39, 0.29) is 6.54 Å². The van der Waals surface area contributed by atoms with E-state index in [9.17, 15) is 13.2 Å². The zero-order chi connectivity index (χ0) is 12.3. The maximum absolute atomic E-state index is 11.4. The highest BCUT2D eigenvalue weighted by Gasteiger charge is 2.30. The van der Waals surface area contributed by atoms with Crippen LogP contribution in [0.5, 0.6) is 0 Å². The number of nitrogens with two attached hydrogens (primary N) is 1. The molecule has 0 aromatic carbocycles. The first-order valence-corrected chi connectivity index (χ1v) is 6.73. The van der Waals surface area contributed by atoms with E-state index in [0.717, 1.165) is 0 Å². The molecule has 5 nitrogen and oxygen atoms in total. The minimum atomic E-state index is -3.15. The molecule has 0 aromatic rings. The summed E-state index contributed by atoms with van der Waals surface area (Å²) in [4.78, 5) is 10.9. The van der Waals surface area contributed by atoms with Gasteiger partial charge in [0.2, 0.25) is 5.91 Å². The maximum Gasteiger partial charge on any atom is 0.234 e. The second-order valence-electron chi connectivity index (χ2n) is 4.28. The lowest BCUT2D eigenvalue weighted by Crippen LogP contribution is -2.49. The molecule has 0 aliphatic carbocycles. The minimum absolute atomic E-state index is 0.216. The molecule has 90 valence electrons. The van der Waals surface area contributed by atoms with Crippen LogP contribution in [-0.4, -0.2) is 37.9 Å². The van der Waals surface area contributed by atoms with Gasteiger partial charge in [0.1, 0.15) is 0 Å². The van der Waals surface area contributed by atoms with E-state index in [1.165, 1.54) is 6.26 Å². The number of hydrogen-bond acceptors (Lipinski definition) is 4. The molecule has 0 aromatic heterocycles. The molecule has 0 bridgehead atoms. The van der Waals surface area contributed by atoms with E-state index >= 15 is 0 Å². The molecule has 3 N–H and O–H groups in total. The zero-order valence-corrected chi connectivity index (χ0v) is 10.5. The van der Waals surface area contributed by atoms with Crippen molar-refractivity contribution in [2.75, 3.05) is 12.8 Å². The second-order valence-corrected chi connectivity index (χ2v) is 6.93. The zero-order valence-electron chi connectivity index (χ0n) is 9.70. The molecule has 0 saturated carbocycles. The molecule has 0 radical (unpaired) electrons. The molecule has 15 heavy (non-hydrogen) atoms. The van der Waals surface area contributed by atoms with Gasteiger partial charge in [-0.25, -0.2) is 8.42 Å². The Balaban J connectivity index is 4.45. The lowest BCUT2D eigenvalue weighted by molar-refractivity contribution is -0.120. The SMILES string of the molecule is CCC(NCC(C)(C)S(C)(=O)=O)C(N)=O. The molecular formula is C9H20N2O3S. The molecule has 0 aliphatic heterocycles. The number of amides is 1. The van der Waals surface area contributed by atoms with Crippen molar-refractivity contribution in [3.05, 3.63) is 0 Å². The van der Waals surface area contributed by atoms with E-state index in [4.69, 9.17) is 5.73 Å². The Bertz CT molecular complexity index is 322. The Labute approximate surface area is 91.3 Å². The molecule has 6 heteroatoms. The van der Waals surface area contributed by atoms with E-state index in [2.05, 4.69) is 5.32 Å². The van der Waals surface area contributed by atoms with Gasteiger partial charge in [0.25, 0.3) is 0 Å². The first-order chi connectivity index (χ1) is 6.62. The van der Waals surface area contributed by atoms with Crippen LogP contribution in [0.15, 0.2) is 0 Å². The summed E-state index contributed by atoms with van der Waals surface area (Å²) in [7, 11) is -3.15. The number of hydrogen-bond donors (Lipinski definition) is 2. The normalized spacial score (nSPS) is 14.9. The molecule has 1 amide bonds. The van der Waals surface area contributed by atoms with E-state index in [1.807, 2.05) is 6.92 Å². The number of sulfone groups is 1. The van der Waals surface area contributed by atoms with Crippen LogP contribution in [0.3, 0.4) is 0 Å². The van der Waals surface area contributed by atoms with E-state index in [0.29, 0.717) is 6.42 Å². The van der Waals surface area contributed by atoms with Gasteiger partial charge in [-0.2, -0.15) is 0 Å². The number of primary amides is 1. The third-order valence-electron chi connectivity index (χ3n) is 2.53. The summed E-state index contributed by atoms with van der Waals surface area (Å²) in [6, 6.07) is -0.467. The fraction of sp³-hybridized carbons (Fsp3) is 0.889. The number of carbonyl (C=O) groups excluding carboxylic acids is 1. The molecule has 0 fully saturated rings. The first-order valence-electron chi connectivity index (χ1n) is 4.84. The van der Waals surface area contributed by atoms with Crippen molar-refractivity contribution in [1.29, 1.82) is 0 Å². The number of carbonyl (C=O) groups is 1. The fourth-order valence-electron chi connectivity index (χ4n) is 0.946. The van der Waals surface area contributed by atoms with Crippen molar-refractivity contribution in [3.63, 3.8) is 0 Å². The van der Waals surface area contributed by atoms with E-state index < -0.39 is 26.5 Å². The van der Waals surface area contributed by atoms with Gasteiger partial charge in [-0.05, 0) is 20.3 Å². The summed E-state index contributed by atoms with van der Waals surface area (Å²) in [6.07, 6.45) is 1.73. The lowest BCUT2D eigenvalue weighted by atomic mass is 10.1. The molecule has 0 spiro atoms. The summed E-state index contributed by atoms with van der Waals surface area (Å²) >= 11 is 0. The van der Waals surface area contributed by atoms with Crippen molar-refractivity contribution >= 4 is 15.7 Å². The molecule has 1 atom stereocenters. The summed E-state index contributed by atoms with van der Waals surface area (Å²) in [5, 5.41) is 2.86. The Kier molecular flexibility index (Phi) is 4.73. The Morgan fingerprint density at radius 3 is 2.20 bits per heavy atom. The van der Waals surface area contributed by atoms with Crippen molar-refractivity contribution < 1.29 is 13.2 Å². The van der Waals surface area contributed by atoms with Gasteiger partial charge < -0.3 is 11.1 Å². The van der Waals surface area contributed by atoms with Gasteiger partial charge in [0.15, 0.2) is 9.84 Å². The van der Waals surface area contributed by atoms with Crippen LogP contribution in [0.1, 0.15) is 27.2 Å². The first kappa shape index (κ1) is 14.4. The van der Waals surface area contributed by atoms with Crippen LogP contribution in [0, 0.1) is 0 Å². The minimum Gasteiger partial charge on any atom is -0.368 e. The molecule has 0 aliphatic rings. The summed E-state index contributed by atoms with van der Waals surface area (Å²) in [6.45, 7) is 5.26. The molecule has 1 unspecified atom stereocenters. The summed E-state index contributed by atoms with van der Waals surface area (Å²) < 4.78 is 21.8. The average molecular weight is 236 g/mol. The largest absolute Gasteiger partial charge is 0.368 e. The molecular weight excluding hydrogens is 216 g/mol. The third-order valence-corrected chi connectivity index (χ3v) is 4.68. The van der Waals surface area contributed by atoms with Crippen LogP contribution in [0.4, 0.5) is 0 Å². The average Bonchev–Trinajstić information content (AvgIpc) is 2.02. The van der Waals surface area contributed by atoms with Crippen molar-refractivity contribution in [2.24, 2.45) is 5.73 Å². The van der Waals surface area contributed by atoms with Crippen LogP contribution in [-0.2, 0) is 14.6 Å². The monoisotopic (exact) mass is 236 g/mol. The van der Waals surface area contributed by atoms with Crippen molar-refractivity contribution in [3.8, 4) is 0 Å². The van der Waals surface area contributed by atoms with Crippen molar-refractivity contribution in [1.82, 2.24) is 5.32 Å². The second kappa shape index (κ2) is 4.94. The van der Waals surface area contributed by atoms with Gasteiger partial charge >= 0.3 is 0 Å². The standard InChI is InChI=1S/C9H20N2O3S/c1-5-7(8(10)12)11-6-9(2,3)15(4,13)14/h7,11H,5-6H2,1-4H3,(H2,10,12). The van der Waals surface area contributed by atoms with Gasteiger partial charge in [0, 0.05) is 12.8 Å². The smallest absolute Gasteiger partial charge is 0.234 e. The highest BCUT2D eigenvalue weighted by Crippen LogP contribution is 2.13.